The molecule has 0 radical (unpaired) electrons. The molecule has 0 aliphatic carbocycles. The Morgan fingerprint density at radius 3 is 2.70 bits per heavy atom. The predicted octanol–water partition coefficient (Wildman–Crippen LogP) is 3.01. The largest absolute Gasteiger partial charge is 0.356 e. The van der Waals surface area contributed by atoms with Crippen molar-refractivity contribution in [3.63, 3.8) is 0 Å². The average molecular weight is 296 g/mol. The van der Waals surface area contributed by atoms with E-state index in [9.17, 15) is 9.59 Å². The first-order valence-electron chi connectivity index (χ1n) is 7.20. The molecule has 1 aromatic heterocycles. The maximum absolute atomic E-state index is 11.9. The van der Waals surface area contributed by atoms with Crippen molar-refractivity contribution >= 4 is 23.2 Å². The van der Waals surface area contributed by atoms with Crippen molar-refractivity contribution < 1.29 is 9.59 Å². The van der Waals surface area contributed by atoms with Crippen LogP contribution in [0.5, 0.6) is 0 Å². The third kappa shape index (κ3) is 6.70. The van der Waals surface area contributed by atoms with Gasteiger partial charge in [0.25, 0.3) is 0 Å². The standard InChI is InChI=1S/C15H24N2O2S/c1-3-13(14-8-7-11-20-14)17-15(19)9-5-4-6-10-16-12(2)18/h7-8,11,13H,3-6,9-10H2,1-2H3,(H,16,18)(H,17,19). The highest BCUT2D eigenvalue weighted by Crippen LogP contribution is 2.21. The Bertz CT molecular complexity index is 404. The highest BCUT2D eigenvalue weighted by molar-refractivity contribution is 7.10. The predicted molar refractivity (Wildman–Crippen MR) is 82.6 cm³/mol. The molecule has 0 saturated carbocycles. The molecule has 2 amide bonds. The molecule has 4 nitrogen and oxygen atoms in total. The molecule has 1 aromatic rings. The number of hydrogen-bond acceptors (Lipinski definition) is 3. The molecular weight excluding hydrogens is 272 g/mol. The van der Waals surface area contributed by atoms with Gasteiger partial charge in [0.2, 0.25) is 11.8 Å². The van der Waals surface area contributed by atoms with E-state index in [0.29, 0.717) is 13.0 Å². The first-order chi connectivity index (χ1) is 9.63. The lowest BCUT2D eigenvalue weighted by Crippen LogP contribution is -2.27. The van der Waals surface area contributed by atoms with Crippen LogP contribution in [0, 0.1) is 0 Å². The van der Waals surface area contributed by atoms with Gasteiger partial charge in [-0.1, -0.05) is 19.4 Å². The lowest BCUT2D eigenvalue weighted by Gasteiger charge is -2.15. The second-order valence-electron chi connectivity index (χ2n) is 4.84. The van der Waals surface area contributed by atoms with Crippen molar-refractivity contribution in [3.8, 4) is 0 Å². The van der Waals surface area contributed by atoms with Crippen LogP contribution in [0.4, 0.5) is 0 Å². The van der Waals surface area contributed by atoms with Gasteiger partial charge in [-0.3, -0.25) is 9.59 Å². The smallest absolute Gasteiger partial charge is 0.220 e. The SMILES string of the molecule is CCC(NC(=O)CCCCCNC(C)=O)c1cccs1. The Labute approximate surface area is 125 Å². The first-order valence-corrected chi connectivity index (χ1v) is 8.08. The van der Waals surface area contributed by atoms with Gasteiger partial charge < -0.3 is 10.6 Å². The topological polar surface area (TPSA) is 58.2 Å². The summed E-state index contributed by atoms with van der Waals surface area (Å²) < 4.78 is 0. The van der Waals surface area contributed by atoms with Crippen LogP contribution in [0.2, 0.25) is 0 Å². The van der Waals surface area contributed by atoms with E-state index in [1.54, 1.807) is 11.3 Å². The Kier molecular flexibility index (Phi) is 7.95. The van der Waals surface area contributed by atoms with Gasteiger partial charge >= 0.3 is 0 Å². The highest BCUT2D eigenvalue weighted by atomic mass is 32.1. The number of carbonyl (C=O) groups is 2. The summed E-state index contributed by atoms with van der Waals surface area (Å²) in [6.07, 6.45) is 4.22. The molecule has 1 atom stereocenters. The van der Waals surface area contributed by atoms with Crippen LogP contribution >= 0.6 is 11.3 Å². The summed E-state index contributed by atoms with van der Waals surface area (Å²) in [6.45, 7) is 4.30. The van der Waals surface area contributed by atoms with Crippen LogP contribution in [0.3, 0.4) is 0 Å². The summed E-state index contributed by atoms with van der Waals surface area (Å²) in [7, 11) is 0. The van der Waals surface area contributed by atoms with Crippen LogP contribution in [-0.2, 0) is 9.59 Å². The fourth-order valence-electron chi connectivity index (χ4n) is 1.98. The van der Waals surface area contributed by atoms with E-state index in [2.05, 4.69) is 23.6 Å². The van der Waals surface area contributed by atoms with E-state index in [0.717, 1.165) is 25.7 Å². The molecule has 0 bridgehead atoms. The number of carbonyl (C=O) groups excluding carboxylic acids is 2. The lowest BCUT2D eigenvalue weighted by molar-refractivity contribution is -0.122. The van der Waals surface area contributed by atoms with Crippen LogP contribution in [0.1, 0.15) is 56.9 Å². The van der Waals surface area contributed by atoms with Gasteiger partial charge in [0.15, 0.2) is 0 Å². The third-order valence-electron chi connectivity index (χ3n) is 3.08. The molecule has 0 fully saturated rings. The monoisotopic (exact) mass is 296 g/mol. The minimum Gasteiger partial charge on any atom is -0.356 e. The number of amides is 2. The quantitative estimate of drug-likeness (QED) is 0.688. The molecular formula is C15H24N2O2S. The van der Waals surface area contributed by atoms with Gasteiger partial charge in [-0.05, 0) is 30.7 Å². The molecule has 0 spiro atoms. The van der Waals surface area contributed by atoms with Gasteiger partial charge in [0.1, 0.15) is 0 Å². The van der Waals surface area contributed by atoms with Crippen LogP contribution in [0.15, 0.2) is 17.5 Å². The molecule has 5 heteroatoms. The normalized spacial score (nSPS) is 11.9. The zero-order chi connectivity index (χ0) is 14.8. The maximum atomic E-state index is 11.9. The molecule has 2 N–H and O–H groups in total. The van der Waals surface area contributed by atoms with Crippen molar-refractivity contribution in [2.75, 3.05) is 6.54 Å². The van der Waals surface area contributed by atoms with Gasteiger partial charge in [-0.15, -0.1) is 11.3 Å². The molecule has 1 unspecified atom stereocenters. The molecule has 1 heterocycles. The van der Waals surface area contributed by atoms with Crippen LogP contribution in [-0.4, -0.2) is 18.4 Å². The first kappa shape index (κ1) is 16.7. The van der Waals surface area contributed by atoms with E-state index in [-0.39, 0.29) is 17.9 Å². The van der Waals surface area contributed by atoms with Gasteiger partial charge in [-0.25, -0.2) is 0 Å². The molecule has 0 aromatic carbocycles. The third-order valence-corrected chi connectivity index (χ3v) is 4.07. The fraction of sp³-hybridized carbons (Fsp3) is 0.600. The number of unbranched alkanes of at least 4 members (excludes halogenated alkanes) is 2. The van der Waals surface area contributed by atoms with Crippen LogP contribution in [0.25, 0.3) is 0 Å². The summed E-state index contributed by atoms with van der Waals surface area (Å²) in [5.41, 5.74) is 0. The van der Waals surface area contributed by atoms with Gasteiger partial charge in [0.05, 0.1) is 6.04 Å². The zero-order valence-electron chi connectivity index (χ0n) is 12.3. The van der Waals surface area contributed by atoms with Crippen molar-refractivity contribution in [3.05, 3.63) is 22.4 Å². The highest BCUT2D eigenvalue weighted by Gasteiger charge is 2.12. The summed E-state index contributed by atoms with van der Waals surface area (Å²) in [5.74, 6) is 0.120. The number of thiophene rings is 1. The van der Waals surface area contributed by atoms with Gasteiger partial charge in [-0.2, -0.15) is 0 Å². The van der Waals surface area contributed by atoms with E-state index in [1.165, 1.54) is 11.8 Å². The fourth-order valence-corrected chi connectivity index (χ4v) is 2.84. The van der Waals surface area contributed by atoms with Gasteiger partial charge in [0, 0.05) is 24.8 Å². The number of nitrogens with one attached hydrogen (secondary N) is 2. The minimum absolute atomic E-state index is 0.00415. The summed E-state index contributed by atoms with van der Waals surface area (Å²) in [6, 6.07) is 4.21. The van der Waals surface area contributed by atoms with Crippen molar-refractivity contribution in [2.45, 2.75) is 52.0 Å². The van der Waals surface area contributed by atoms with Crippen LogP contribution < -0.4 is 10.6 Å². The Balaban J connectivity index is 2.15. The minimum atomic E-state index is 0.00415. The molecule has 0 aliphatic rings. The van der Waals surface area contributed by atoms with Crippen molar-refractivity contribution in [1.82, 2.24) is 10.6 Å². The molecule has 112 valence electrons. The van der Waals surface area contributed by atoms with Crippen molar-refractivity contribution in [2.24, 2.45) is 0 Å². The Hall–Kier alpha value is -1.36. The lowest BCUT2D eigenvalue weighted by atomic mass is 10.1. The summed E-state index contributed by atoms with van der Waals surface area (Å²) >= 11 is 1.68. The second kappa shape index (κ2) is 9.53. The maximum Gasteiger partial charge on any atom is 0.220 e. The molecule has 1 rings (SSSR count). The Morgan fingerprint density at radius 2 is 2.10 bits per heavy atom. The summed E-state index contributed by atoms with van der Waals surface area (Å²) in [5, 5.41) is 7.87. The summed E-state index contributed by atoms with van der Waals surface area (Å²) in [4.78, 5) is 23.8. The zero-order valence-corrected chi connectivity index (χ0v) is 13.1. The van der Waals surface area contributed by atoms with E-state index >= 15 is 0 Å². The van der Waals surface area contributed by atoms with Crippen molar-refractivity contribution in [1.29, 1.82) is 0 Å². The Morgan fingerprint density at radius 1 is 1.30 bits per heavy atom. The number of rotatable bonds is 9. The molecule has 20 heavy (non-hydrogen) atoms. The number of hydrogen-bond donors (Lipinski definition) is 2. The van der Waals surface area contributed by atoms with E-state index in [4.69, 9.17) is 0 Å². The molecule has 0 aliphatic heterocycles. The molecule has 0 saturated heterocycles. The average Bonchev–Trinajstić information content (AvgIpc) is 2.93. The second-order valence-corrected chi connectivity index (χ2v) is 5.82. The van der Waals surface area contributed by atoms with E-state index < -0.39 is 0 Å². The van der Waals surface area contributed by atoms with E-state index in [1.807, 2.05) is 11.4 Å².